The lowest BCUT2D eigenvalue weighted by molar-refractivity contribution is -0.143. The van der Waals surface area contributed by atoms with Crippen molar-refractivity contribution >= 4 is 40.3 Å². The Labute approximate surface area is 137 Å². The molecule has 3 rings (SSSR count). The van der Waals surface area contributed by atoms with E-state index >= 15 is 0 Å². The summed E-state index contributed by atoms with van der Waals surface area (Å²) in [5, 5.41) is 3.40. The van der Waals surface area contributed by atoms with Gasteiger partial charge in [-0.25, -0.2) is 9.69 Å². The number of carbonyl (C=O) groups excluding carboxylic acids is 4. The second-order valence-corrected chi connectivity index (χ2v) is 5.42. The molecule has 0 radical (unpaired) electrons. The largest absolute Gasteiger partial charge is 0.334 e. The molecule has 1 aromatic carbocycles. The number of nitrogens with one attached hydrogen (secondary N) is 1. The van der Waals surface area contributed by atoms with Crippen LogP contribution in [0.15, 0.2) is 30.5 Å². The average Bonchev–Trinajstić information content (AvgIpc) is 2.75. The van der Waals surface area contributed by atoms with Crippen LogP contribution in [0.25, 0.3) is 10.9 Å². The Balaban J connectivity index is 1.82. The summed E-state index contributed by atoms with van der Waals surface area (Å²) in [6, 6.07) is 6.29. The third-order valence-electron chi connectivity index (χ3n) is 3.80. The first-order valence-corrected chi connectivity index (χ1v) is 7.18. The molecule has 1 fully saturated rings. The third kappa shape index (κ3) is 2.47. The minimum Gasteiger partial charge on any atom is -0.324 e. The monoisotopic (exact) mass is 326 g/mol. The molecule has 5 amide bonds. The maximum Gasteiger partial charge on any atom is 0.334 e. The predicted molar refractivity (Wildman–Crippen MR) is 85.0 cm³/mol. The Morgan fingerprint density at radius 3 is 2.58 bits per heavy atom. The molecule has 1 aliphatic heterocycles. The Hall–Kier alpha value is -3.29. The summed E-state index contributed by atoms with van der Waals surface area (Å²) in [4.78, 5) is 52.7. The van der Waals surface area contributed by atoms with Crippen molar-refractivity contribution in [2.24, 2.45) is 0 Å². The van der Waals surface area contributed by atoms with Crippen LogP contribution in [0.5, 0.6) is 0 Å². The molecule has 2 heterocycles. The van der Waals surface area contributed by atoms with E-state index in [2.05, 4.69) is 10.3 Å². The number of urea groups is 1. The first-order valence-electron chi connectivity index (χ1n) is 7.18. The lowest BCUT2D eigenvalue weighted by Gasteiger charge is -2.14. The Bertz CT molecular complexity index is 893. The predicted octanol–water partition coefficient (Wildman–Crippen LogP) is 0.902. The number of likely N-dealkylation sites (N-methyl/N-ethyl adjacent to an activating group) is 1. The van der Waals surface area contributed by atoms with Gasteiger partial charge in [-0.1, -0.05) is 6.07 Å². The Morgan fingerprint density at radius 1 is 1.17 bits per heavy atom. The molecule has 0 aliphatic carbocycles. The van der Waals surface area contributed by atoms with Crippen LogP contribution in [0.2, 0.25) is 0 Å². The van der Waals surface area contributed by atoms with Crippen molar-refractivity contribution in [3.63, 3.8) is 0 Å². The number of carbonyl (C=O) groups is 4. The summed E-state index contributed by atoms with van der Waals surface area (Å²) in [6.07, 6.45) is 1.66. The van der Waals surface area contributed by atoms with E-state index in [4.69, 9.17) is 0 Å². The van der Waals surface area contributed by atoms with Crippen LogP contribution >= 0.6 is 0 Å². The van der Waals surface area contributed by atoms with E-state index in [1.807, 2.05) is 19.1 Å². The quantitative estimate of drug-likeness (QED) is 0.667. The van der Waals surface area contributed by atoms with E-state index in [9.17, 15) is 19.2 Å². The van der Waals surface area contributed by atoms with Crippen molar-refractivity contribution in [3.8, 4) is 0 Å². The second-order valence-electron chi connectivity index (χ2n) is 5.42. The van der Waals surface area contributed by atoms with Crippen LogP contribution in [0.3, 0.4) is 0 Å². The molecule has 1 aliphatic rings. The fourth-order valence-electron chi connectivity index (χ4n) is 2.51. The zero-order valence-electron chi connectivity index (χ0n) is 13.1. The minimum absolute atomic E-state index is 0.521. The van der Waals surface area contributed by atoms with Gasteiger partial charge in [0.15, 0.2) is 0 Å². The molecule has 1 N–H and O–H groups in total. The minimum atomic E-state index is -1.01. The standard InChI is InChI=1S/C16H14N4O4/c1-9-5-6-11(10-4-3-7-17-13(9)10)18-12(21)8-20-15(23)14(22)19(2)16(20)24/h3-7H,8H2,1-2H3,(H,18,21). The van der Waals surface area contributed by atoms with E-state index in [1.165, 1.54) is 7.05 Å². The van der Waals surface area contributed by atoms with E-state index in [-0.39, 0.29) is 0 Å². The van der Waals surface area contributed by atoms with Gasteiger partial charge >= 0.3 is 17.8 Å². The molecular weight excluding hydrogens is 312 g/mol. The highest BCUT2D eigenvalue weighted by atomic mass is 16.2. The van der Waals surface area contributed by atoms with Gasteiger partial charge in [0.1, 0.15) is 6.54 Å². The number of benzene rings is 1. The molecule has 2 aromatic rings. The fraction of sp³-hybridized carbons (Fsp3) is 0.188. The smallest absolute Gasteiger partial charge is 0.324 e. The number of anilines is 1. The molecule has 0 saturated carbocycles. The van der Waals surface area contributed by atoms with Gasteiger partial charge in [0.2, 0.25) is 5.91 Å². The zero-order valence-corrected chi connectivity index (χ0v) is 13.1. The molecule has 0 spiro atoms. The summed E-state index contributed by atoms with van der Waals surface area (Å²) >= 11 is 0. The Kier molecular flexibility index (Phi) is 3.72. The summed E-state index contributed by atoms with van der Waals surface area (Å²) in [5.74, 6) is -2.53. The van der Waals surface area contributed by atoms with Crippen LogP contribution in [0.1, 0.15) is 5.56 Å². The van der Waals surface area contributed by atoms with E-state index in [1.54, 1.807) is 18.3 Å². The highest BCUT2D eigenvalue weighted by molar-refractivity contribution is 6.45. The number of aryl methyl sites for hydroxylation is 1. The topological polar surface area (TPSA) is 99.7 Å². The molecule has 0 unspecified atom stereocenters. The van der Waals surface area contributed by atoms with Crippen molar-refractivity contribution in [1.82, 2.24) is 14.8 Å². The van der Waals surface area contributed by atoms with Crippen molar-refractivity contribution < 1.29 is 19.2 Å². The van der Waals surface area contributed by atoms with Crippen LogP contribution < -0.4 is 5.32 Å². The lowest BCUT2D eigenvalue weighted by Crippen LogP contribution is -2.38. The van der Waals surface area contributed by atoms with Gasteiger partial charge in [0.05, 0.1) is 11.2 Å². The van der Waals surface area contributed by atoms with Crippen molar-refractivity contribution in [1.29, 1.82) is 0 Å². The lowest BCUT2D eigenvalue weighted by atomic mass is 10.1. The highest BCUT2D eigenvalue weighted by Crippen LogP contribution is 2.24. The number of hydrogen-bond donors (Lipinski definition) is 1. The summed E-state index contributed by atoms with van der Waals surface area (Å²) in [7, 11) is 1.19. The molecule has 8 heteroatoms. The zero-order chi connectivity index (χ0) is 17.4. The number of hydrogen-bond acceptors (Lipinski definition) is 5. The molecule has 0 bridgehead atoms. The van der Waals surface area contributed by atoms with E-state index < -0.39 is 30.3 Å². The average molecular weight is 326 g/mol. The van der Waals surface area contributed by atoms with Crippen LogP contribution in [0, 0.1) is 6.92 Å². The molecule has 122 valence electrons. The highest BCUT2D eigenvalue weighted by Gasteiger charge is 2.42. The third-order valence-corrected chi connectivity index (χ3v) is 3.80. The first kappa shape index (κ1) is 15.6. The van der Waals surface area contributed by atoms with Gasteiger partial charge in [-0.15, -0.1) is 0 Å². The summed E-state index contributed by atoms with van der Waals surface area (Å²) in [6.45, 7) is 1.38. The number of rotatable bonds is 3. The maximum atomic E-state index is 12.2. The molecular formula is C16H14N4O4. The maximum absolute atomic E-state index is 12.2. The van der Waals surface area contributed by atoms with Gasteiger partial charge in [0.25, 0.3) is 0 Å². The van der Waals surface area contributed by atoms with E-state index in [0.29, 0.717) is 15.5 Å². The summed E-state index contributed by atoms with van der Waals surface area (Å²) in [5.41, 5.74) is 2.23. The van der Waals surface area contributed by atoms with Crippen molar-refractivity contribution in [3.05, 3.63) is 36.0 Å². The van der Waals surface area contributed by atoms with E-state index in [0.717, 1.165) is 16.5 Å². The van der Waals surface area contributed by atoms with Crippen molar-refractivity contribution in [2.45, 2.75) is 6.92 Å². The van der Waals surface area contributed by atoms with Gasteiger partial charge in [0, 0.05) is 18.6 Å². The number of imide groups is 2. The first-order chi connectivity index (χ1) is 11.4. The fourth-order valence-corrected chi connectivity index (χ4v) is 2.51. The number of aromatic nitrogens is 1. The number of pyridine rings is 1. The van der Waals surface area contributed by atoms with Crippen LogP contribution in [0.4, 0.5) is 10.5 Å². The molecule has 1 aromatic heterocycles. The van der Waals surface area contributed by atoms with Gasteiger partial charge in [-0.3, -0.25) is 24.3 Å². The molecule has 24 heavy (non-hydrogen) atoms. The summed E-state index contributed by atoms with van der Waals surface area (Å²) < 4.78 is 0. The van der Waals surface area contributed by atoms with Gasteiger partial charge in [-0.2, -0.15) is 0 Å². The normalized spacial score (nSPS) is 14.7. The van der Waals surface area contributed by atoms with Crippen LogP contribution in [-0.2, 0) is 14.4 Å². The number of amides is 5. The molecule has 8 nitrogen and oxygen atoms in total. The SMILES string of the molecule is Cc1ccc(NC(=O)CN2C(=O)C(=O)N(C)C2=O)c2cccnc12. The number of fused-ring (bicyclic) bond motifs is 1. The second kappa shape index (κ2) is 5.73. The van der Waals surface area contributed by atoms with Gasteiger partial charge < -0.3 is 5.32 Å². The molecule has 0 atom stereocenters. The van der Waals surface area contributed by atoms with Crippen molar-refractivity contribution in [2.75, 3.05) is 18.9 Å². The van der Waals surface area contributed by atoms with Crippen LogP contribution in [-0.4, -0.2) is 52.1 Å². The number of nitrogens with zero attached hydrogens (tertiary/aromatic N) is 3. The van der Waals surface area contributed by atoms with Gasteiger partial charge in [-0.05, 0) is 30.7 Å². The Morgan fingerprint density at radius 2 is 1.92 bits per heavy atom. The molecule has 1 saturated heterocycles.